The summed E-state index contributed by atoms with van der Waals surface area (Å²) < 4.78 is 5.09. The number of rotatable bonds is 4. The van der Waals surface area contributed by atoms with Crippen LogP contribution in [0.2, 0.25) is 10.0 Å². The Hall–Kier alpha value is -2.24. The second-order valence-electron chi connectivity index (χ2n) is 5.99. The van der Waals surface area contributed by atoms with Crippen LogP contribution in [-0.2, 0) is 0 Å². The van der Waals surface area contributed by atoms with Crippen molar-refractivity contribution in [2.45, 2.75) is 12.8 Å². The SMILES string of the molecule is COc1ccc(C(=O)Nc2c(Cl)cc(Cl)cc2C(=O)N2CCCC2)cc1. The number of carbonyl (C=O) groups excluding carboxylic acids is 2. The van der Waals surface area contributed by atoms with E-state index >= 15 is 0 Å². The molecule has 0 saturated carbocycles. The summed E-state index contributed by atoms with van der Waals surface area (Å²) >= 11 is 12.4. The second kappa shape index (κ2) is 7.98. The molecule has 1 heterocycles. The minimum Gasteiger partial charge on any atom is -0.497 e. The van der Waals surface area contributed by atoms with E-state index in [1.807, 2.05) is 0 Å². The summed E-state index contributed by atoms with van der Waals surface area (Å²) in [6, 6.07) is 9.70. The number of nitrogens with zero attached hydrogens (tertiary/aromatic N) is 1. The largest absolute Gasteiger partial charge is 0.497 e. The summed E-state index contributed by atoms with van der Waals surface area (Å²) in [6.07, 6.45) is 1.93. The lowest BCUT2D eigenvalue weighted by molar-refractivity contribution is 0.0794. The van der Waals surface area contributed by atoms with Crippen molar-refractivity contribution in [2.75, 3.05) is 25.5 Å². The number of halogens is 2. The van der Waals surface area contributed by atoms with E-state index < -0.39 is 0 Å². The number of hydrogen-bond donors (Lipinski definition) is 1. The maximum absolute atomic E-state index is 12.8. The maximum atomic E-state index is 12.8. The van der Waals surface area contributed by atoms with E-state index in [1.165, 1.54) is 12.1 Å². The molecular formula is C19H18Cl2N2O3. The summed E-state index contributed by atoms with van der Waals surface area (Å²) in [5.74, 6) is 0.0975. The van der Waals surface area contributed by atoms with Crippen molar-refractivity contribution < 1.29 is 14.3 Å². The lowest BCUT2D eigenvalue weighted by atomic mass is 10.1. The molecule has 0 aliphatic carbocycles. The van der Waals surface area contributed by atoms with Gasteiger partial charge in [-0.1, -0.05) is 23.2 Å². The van der Waals surface area contributed by atoms with Gasteiger partial charge in [0.2, 0.25) is 0 Å². The molecule has 7 heteroatoms. The highest BCUT2D eigenvalue weighted by atomic mass is 35.5. The fourth-order valence-electron chi connectivity index (χ4n) is 2.89. The van der Waals surface area contributed by atoms with Gasteiger partial charge >= 0.3 is 0 Å². The monoisotopic (exact) mass is 392 g/mol. The van der Waals surface area contributed by atoms with Crippen LogP contribution in [0.4, 0.5) is 5.69 Å². The molecule has 0 spiro atoms. The van der Waals surface area contributed by atoms with Gasteiger partial charge in [-0.05, 0) is 49.2 Å². The summed E-state index contributed by atoms with van der Waals surface area (Å²) in [5.41, 5.74) is 0.997. The van der Waals surface area contributed by atoms with Gasteiger partial charge in [0, 0.05) is 23.7 Å². The molecular weight excluding hydrogens is 375 g/mol. The summed E-state index contributed by atoms with van der Waals surface area (Å²) in [7, 11) is 1.55. The molecule has 0 aromatic heterocycles. The third-order valence-corrected chi connectivity index (χ3v) is 4.79. The van der Waals surface area contributed by atoms with Gasteiger partial charge in [0.15, 0.2) is 0 Å². The number of hydrogen-bond acceptors (Lipinski definition) is 3. The van der Waals surface area contributed by atoms with Gasteiger partial charge in [-0.15, -0.1) is 0 Å². The number of ether oxygens (including phenoxy) is 1. The molecule has 26 heavy (non-hydrogen) atoms. The molecule has 1 fully saturated rings. The van der Waals surface area contributed by atoms with Crippen LogP contribution in [0.25, 0.3) is 0 Å². The van der Waals surface area contributed by atoms with Gasteiger partial charge in [-0.3, -0.25) is 9.59 Å². The Morgan fingerprint density at radius 2 is 1.73 bits per heavy atom. The summed E-state index contributed by atoms with van der Waals surface area (Å²) in [5, 5.41) is 3.32. The van der Waals surface area contributed by atoms with Crippen LogP contribution in [0.15, 0.2) is 36.4 Å². The maximum Gasteiger partial charge on any atom is 0.256 e. The van der Waals surface area contributed by atoms with Gasteiger partial charge in [0.25, 0.3) is 11.8 Å². The van der Waals surface area contributed by atoms with Gasteiger partial charge in [0.05, 0.1) is 23.4 Å². The number of nitrogens with one attached hydrogen (secondary N) is 1. The van der Waals surface area contributed by atoms with Gasteiger partial charge in [0.1, 0.15) is 5.75 Å². The molecule has 2 aromatic rings. The molecule has 1 aliphatic rings. The highest BCUT2D eigenvalue weighted by molar-refractivity contribution is 6.38. The van der Waals surface area contributed by atoms with Crippen molar-refractivity contribution in [3.63, 3.8) is 0 Å². The van der Waals surface area contributed by atoms with E-state index in [9.17, 15) is 9.59 Å². The van der Waals surface area contributed by atoms with E-state index in [1.54, 1.807) is 36.3 Å². The molecule has 3 rings (SSSR count). The minimum absolute atomic E-state index is 0.183. The molecule has 0 bridgehead atoms. The third kappa shape index (κ3) is 3.94. The first-order chi connectivity index (χ1) is 12.5. The molecule has 136 valence electrons. The van der Waals surface area contributed by atoms with Crippen molar-refractivity contribution >= 4 is 40.7 Å². The Labute approximate surface area is 161 Å². The van der Waals surface area contributed by atoms with Crippen LogP contribution in [0.5, 0.6) is 5.75 Å². The lowest BCUT2D eigenvalue weighted by Crippen LogP contribution is -2.29. The van der Waals surface area contributed by atoms with Crippen molar-refractivity contribution in [2.24, 2.45) is 0 Å². The Balaban J connectivity index is 1.90. The minimum atomic E-state index is -0.368. The Morgan fingerprint density at radius 1 is 1.08 bits per heavy atom. The second-order valence-corrected chi connectivity index (χ2v) is 6.84. The number of amides is 2. The fraction of sp³-hybridized carbons (Fsp3) is 0.263. The predicted molar refractivity (Wildman–Crippen MR) is 103 cm³/mol. The highest BCUT2D eigenvalue weighted by Gasteiger charge is 2.25. The number of benzene rings is 2. The van der Waals surface area contributed by atoms with Crippen LogP contribution in [-0.4, -0.2) is 36.9 Å². The van der Waals surface area contributed by atoms with Crippen LogP contribution in [0.3, 0.4) is 0 Å². The normalized spacial score (nSPS) is 13.6. The summed E-state index contributed by atoms with van der Waals surface area (Å²) in [6.45, 7) is 1.38. The van der Waals surface area contributed by atoms with E-state index in [0.29, 0.717) is 35.0 Å². The average Bonchev–Trinajstić information content (AvgIpc) is 3.17. The predicted octanol–water partition coefficient (Wildman–Crippen LogP) is 4.49. The Kier molecular flexibility index (Phi) is 5.69. The van der Waals surface area contributed by atoms with E-state index in [0.717, 1.165) is 12.8 Å². The first-order valence-corrected chi connectivity index (χ1v) is 8.99. The molecule has 1 saturated heterocycles. The third-order valence-electron chi connectivity index (χ3n) is 4.27. The van der Waals surface area contributed by atoms with Crippen molar-refractivity contribution in [1.82, 2.24) is 4.90 Å². The van der Waals surface area contributed by atoms with Gasteiger partial charge in [-0.2, -0.15) is 0 Å². The van der Waals surface area contributed by atoms with Gasteiger partial charge < -0.3 is 15.0 Å². The zero-order valence-electron chi connectivity index (χ0n) is 14.2. The summed E-state index contributed by atoms with van der Waals surface area (Å²) in [4.78, 5) is 27.1. The first-order valence-electron chi connectivity index (χ1n) is 8.23. The van der Waals surface area contributed by atoms with Crippen LogP contribution in [0.1, 0.15) is 33.6 Å². The molecule has 5 nitrogen and oxygen atoms in total. The van der Waals surface area contributed by atoms with Crippen molar-refractivity contribution in [1.29, 1.82) is 0 Å². The molecule has 0 atom stereocenters. The van der Waals surface area contributed by atoms with E-state index in [2.05, 4.69) is 5.32 Å². The number of carbonyl (C=O) groups is 2. The zero-order chi connectivity index (χ0) is 18.7. The van der Waals surface area contributed by atoms with Gasteiger partial charge in [-0.25, -0.2) is 0 Å². The average molecular weight is 393 g/mol. The van der Waals surface area contributed by atoms with Crippen LogP contribution < -0.4 is 10.1 Å². The number of likely N-dealkylation sites (tertiary alicyclic amines) is 1. The standard InChI is InChI=1S/C19H18Cl2N2O3/c1-26-14-6-4-12(5-7-14)18(24)22-17-15(10-13(20)11-16(17)21)19(25)23-8-2-3-9-23/h4-7,10-11H,2-3,8-9H2,1H3,(H,22,24). The Bertz CT molecular complexity index is 831. The molecule has 0 unspecified atom stereocenters. The Morgan fingerprint density at radius 3 is 2.35 bits per heavy atom. The molecule has 2 aromatic carbocycles. The van der Waals surface area contributed by atoms with Crippen LogP contribution >= 0.6 is 23.2 Å². The smallest absolute Gasteiger partial charge is 0.256 e. The quantitative estimate of drug-likeness (QED) is 0.833. The topological polar surface area (TPSA) is 58.6 Å². The zero-order valence-corrected chi connectivity index (χ0v) is 15.7. The molecule has 1 N–H and O–H groups in total. The van der Waals surface area contributed by atoms with E-state index in [4.69, 9.17) is 27.9 Å². The fourth-order valence-corrected chi connectivity index (χ4v) is 3.43. The van der Waals surface area contributed by atoms with Crippen LogP contribution in [0, 0.1) is 0 Å². The number of anilines is 1. The van der Waals surface area contributed by atoms with Crippen molar-refractivity contribution in [3.05, 3.63) is 57.6 Å². The molecule has 1 aliphatic heterocycles. The lowest BCUT2D eigenvalue weighted by Gasteiger charge is -2.19. The molecule has 2 amide bonds. The van der Waals surface area contributed by atoms with Crippen molar-refractivity contribution in [3.8, 4) is 5.75 Å². The van der Waals surface area contributed by atoms with E-state index in [-0.39, 0.29) is 22.5 Å². The molecule has 0 radical (unpaired) electrons. The first kappa shape index (κ1) is 18.5. The highest BCUT2D eigenvalue weighted by Crippen LogP contribution is 2.32. The number of methoxy groups -OCH3 is 1.